The van der Waals surface area contributed by atoms with Gasteiger partial charge in [-0.25, -0.2) is 33.4 Å². The minimum absolute atomic E-state index is 0.164. The van der Waals surface area contributed by atoms with Crippen molar-refractivity contribution >= 4 is 34.4 Å². The van der Waals surface area contributed by atoms with Crippen LogP contribution >= 0.6 is 11.6 Å². The smallest absolute Gasteiger partial charge is 0.258 e. The largest absolute Gasteiger partial charge is 0.355 e. The first-order chi connectivity index (χ1) is 13.5. The molecule has 28 heavy (non-hydrogen) atoms. The molecule has 11 heteroatoms. The molecular formula is C17H17ClF2N8. The van der Waals surface area contributed by atoms with E-state index >= 15 is 0 Å². The Morgan fingerprint density at radius 3 is 2.68 bits per heavy atom. The van der Waals surface area contributed by atoms with Crippen LogP contribution in [0.4, 0.5) is 20.4 Å². The van der Waals surface area contributed by atoms with Gasteiger partial charge < -0.3 is 9.80 Å². The fraction of sp³-hybridized carbons (Fsp3) is 0.471. The van der Waals surface area contributed by atoms with E-state index in [2.05, 4.69) is 34.8 Å². The summed E-state index contributed by atoms with van der Waals surface area (Å²) in [5.74, 6) is 1.53. The number of rotatable bonds is 4. The third-order valence-electron chi connectivity index (χ3n) is 5.39. The average Bonchev–Trinajstić information content (AvgIpc) is 3.25. The zero-order valence-corrected chi connectivity index (χ0v) is 15.6. The van der Waals surface area contributed by atoms with Gasteiger partial charge in [0.1, 0.15) is 23.7 Å². The van der Waals surface area contributed by atoms with Gasteiger partial charge in [0.2, 0.25) is 5.28 Å². The topological polar surface area (TPSA) is 75.9 Å². The lowest BCUT2D eigenvalue weighted by atomic mass is 9.79. The fourth-order valence-electron chi connectivity index (χ4n) is 4.07. The molecule has 0 aliphatic carbocycles. The SMILES string of the molecule is FC(F)Cn1ncc2ncc(N3CCC4(CN(c5ccnc(Cl)n5)C4)C3)nc21. The molecule has 0 radical (unpaired) electrons. The van der Waals surface area contributed by atoms with Crippen molar-refractivity contribution in [3.8, 4) is 0 Å². The molecule has 0 amide bonds. The van der Waals surface area contributed by atoms with E-state index in [0.717, 1.165) is 38.4 Å². The average molecular weight is 407 g/mol. The minimum atomic E-state index is -2.49. The number of aromatic nitrogens is 6. The lowest BCUT2D eigenvalue weighted by Crippen LogP contribution is -2.58. The minimum Gasteiger partial charge on any atom is -0.355 e. The highest BCUT2D eigenvalue weighted by Gasteiger charge is 2.48. The van der Waals surface area contributed by atoms with Crippen LogP contribution in [0.5, 0.6) is 0 Å². The van der Waals surface area contributed by atoms with Crippen molar-refractivity contribution in [3.63, 3.8) is 0 Å². The van der Waals surface area contributed by atoms with Crippen molar-refractivity contribution in [3.05, 3.63) is 29.9 Å². The Morgan fingerprint density at radius 2 is 1.89 bits per heavy atom. The van der Waals surface area contributed by atoms with E-state index in [-0.39, 0.29) is 10.7 Å². The van der Waals surface area contributed by atoms with Gasteiger partial charge in [0.25, 0.3) is 6.43 Å². The zero-order valence-electron chi connectivity index (χ0n) is 14.8. The number of nitrogens with zero attached hydrogens (tertiary/aromatic N) is 8. The third-order valence-corrected chi connectivity index (χ3v) is 5.58. The highest BCUT2D eigenvalue weighted by Crippen LogP contribution is 2.42. The van der Waals surface area contributed by atoms with Gasteiger partial charge in [-0.3, -0.25) is 0 Å². The summed E-state index contributed by atoms with van der Waals surface area (Å²) < 4.78 is 26.7. The number of fused-ring (bicyclic) bond motifs is 1. The number of alkyl halides is 2. The maximum Gasteiger partial charge on any atom is 0.258 e. The maximum atomic E-state index is 12.7. The molecule has 2 fully saturated rings. The van der Waals surface area contributed by atoms with Gasteiger partial charge >= 0.3 is 0 Å². The number of halogens is 3. The lowest BCUT2D eigenvalue weighted by Gasteiger charge is -2.48. The van der Waals surface area contributed by atoms with Gasteiger partial charge in [0.05, 0.1) is 12.4 Å². The van der Waals surface area contributed by atoms with Crippen LogP contribution in [0.25, 0.3) is 11.2 Å². The van der Waals surface area contributed by atoms with E-state index in [1.54, 1.807) is 12.4 Å². The Bertz CT molecular complexity index is 1020. The van der Waals surface area contributed by atoms with E-state index in [1.165, 1.54) is 10.9 Å². The second-order valence-electron chi connectivity index (χ2n) is 7.37. The van der Waals surface area contributed by atoms with E-state index in [9.17, 15) is 8.78 Å². The quantitative estimate of drug-likeness (QED) is 0.615. The predicted octanol–water partition coefficient (Wildman–Crippen LogP) is 2.25. The van der Waals surface area contributed by atoms with Gasteiger partial charge in [0.15, 0.2) is 5.65 Å². The molecule has 0 unspecified atom stereocenters. The van der Waals surface area contributed by atoms with E-state index in [1.807, 2.05) is 6.07 Å². The van der Waals surface area contributed by atoms with E-state index in [0.29, 0.717) is 17.0 Å². The molecule has 0 aromatic carbocycles. The molecular weight excluding hydrogens is 390 g/mol. The molecule has 2 aliphatic rings. The standard InChI is InChI=1S/C17H17ClF2N8/c18-16-21-3-1-13(25-16)27-9-17(10-27)2-4-26(8-17)14-6-22-11-5-23-28(7-12(19)20)15(11)24-14/h1,3,5-6,12H,2,4,7-10H2. The van der Waals surface area contributed by atoms with Crippen molar-refractivity contribution < 1.29 is 8.78 Å². The Labute approximate surface area is 164 Å². The Hall–Kier alpha value is -2.62. The van der Waals surface area contributed by atoms with Gasteiger partial charge in [-0.2, -0.15) is 5.10 Å². The fourth-order valence-corrected chi connectivity index (χ4v) is 4.22. The molecule has 0 saturated carbocycles. The van der Waals surface area contributed by atoms with Crippen molar-refractivity contribution in [2.24, 2.45) is 5.41 Å². The van der Waals surface area contributed by atoms with E-state index in [4.69, 9.17) is 11.6 Å². The molecule has 0 atom stereocenters. The summed E-state index contributed by atoms with van der Waals surface area (Å²) >= 11 is 5.88. The Balaban J connectivity index is 1.31. The van der Waals surface area contributed by atoms with Crippen LogP contribution in [-0.4, -0.2) is 62.3 Å². The summed E-state index contributed by atoms with van der Waals surface area (Å²) in [7, 11) is 0. The zero-order chi connectivity index (χ0) is 19.3. The van der Waals surface area contributed by atoms with E-state index < -0.39 is 13.0 Å². The molecule has 5 rings (SSSR count). The van der Waals surface area contributed by atoms with Crippen LogP contribution in [0.1, 0.15) is 6.42 Å². The van der Waals surface area contributed by atoms with Crippen LogP contribution in [0.15, 0.2) is 24.7 Å². The highest BCUT2D eigenvalue weighted by atomic mass is 35.5. The van der Waals surface area contributed by atoms with Crippen LogP contribution in [-0.2, 0) is 6.54 Å². The lowest BCUT2D eigenvalue weighted by molar-refractivity contribution is 0.123. The summed E-state index contributed by atoms with van der Waals surface area (Å²) in [6.45, 7) is 2.97. The van der Waals surface area contributed by atoms with Crippen LogP contribution in [0.2, 0.25) is 5.28 Å². The Kier molecular flexibility index (Phi) is 4.04. The Morgan fingerprint density at radius 1 is 1.07 bits per heavy atom. The van der Waals surface area contributed by atoms with Crippen molar-refractivity contribution in [1.82, 2.24) is 29.7 Å². The normalized spacial score (nSPS) is 18.4. The summed E-state index contributed by atoms with van der Waals surface area (Å²) in [6, 6.07) is 1.86. The van der Waals surface area contributed by atoms with Crippen molar-refractivity contribution in [2.75, 3.05) is 36.0 Å². The monoisotopic (exact) mass is 406 g/mol. The first-order valence-electron chi connectivity index (χ1n) is 8.97. The van der Waals surface area contributed by atoms with Crippen LogP contribution < -0.4 is 9.80 Å². The second kappa shape index (κ2) is 6.47. The number of hydrogen-bond donors (Lipinski definition) is 0. The highest BCUT2D eigenvalue weighted by molar-refractivity contribution is 6.28. The number of anilines is 2. The molecule has 146 valence electrons. The number of hydrogen-bond acceptors (Lipinski definition) is 7. The van der Waals surface area contributed by atoms with Gasteiger partial charge in [-0.1, -0.05) is 0 Å². The molecule has 0 N–H and O–H groups in total. The summed E-state index contributed by atoms with van der Waals surface area (Å²) in [4.78, 5) is 21.4. The molecule has 8 nitrogen and oxygen atoms in total. The molecule has 5 heterocycles. The maximum absolute atomic E-state index is 12.7. The predicted molar refractivity (Wildman–Crippen MR) is 99.8 cm³/mol. The van der Waals surface area contributed by atoms with Crippen LogP contribution in [0.3, 0.4) is 0 Å². The van der Waals surface area contributed by atoms with Gasteiger partial charge in [0, 0.05) is 37.8 Å². The summed E-state index contributed by atoms with van der Waals surface area (Å²) in [5, 5.41) is 4.22. The summed E-state index contributed by atoms with van der Waals surface area (Å²) in [5.41, 5.74) is 1.08. The van der Waals surface area contributed by atoms with Crippen LogP contribution in [0, 0.1) is 5.41 Å². The van der Waals surface area contributed by atoms with Crippen molar-refractivity contribution in [2.45, 2.75) is 19.4 Å². The molecule has 3 aromatic heterocycles. The molecule has 1 spiro atoms. The first-order valence-corrected chi connectivity index (χ1v) is 9.34. The molecule has 2 saturated heterocycles. The molecule has 3 aromatic rings. The van der Waals surface area contributed by atoms with Gasteiger partial charge in [-0.15, -0.1) is 0 Å². The first kappa shape index (κ1) is 17.5. The molecule has 0 bridgehead atoms. The second-order valence-corrected chi connectivity index (χ2v) is 7.70. The molecule has 2 aliphatic heterocycles. The third kappa shape index (κ3) is 3.01. The van der Waals surface area contributed by atoms with Gasteiger partial charge in [-0.05, 0) is 24.1 Å². The summed E-state index contributed by atoms with van der Waals surface area (Å²) in [6.07, 6.45) is 3.36. The van der Waals surface area contributed by atoms with Crippen molar-refractivity contribution in [1.29, 1.82) is 0 Å².